The molecule has 0 aliphatic heterocycles. The van der Waals surface area contributed by atoms with Gasteiger partial charge in [-0.15, -0.1) is 0 Å². The van der Waals surface area contributed by atoms with Gasteiger partial charge in [-0.05, 0) is 97.8 Å². The fraction of sp³-hybridized carbons (Fsp3) is 0.600. The van der Waals surface area contributed by atoms with E-state index < -0.39 is 76.3 Å². The molecule has 0 radical (unpaired) electrons. The molecule has 21 heteroatoms. The Morgan fingerprint density at radius 1 is 0.396 bits per heavy atom. The molecule has 508 valence electrons. The lowest BCUT2D eigenvalue weighted by molar-refractivity contribution is -0.141. The quantitative estimate of drug-likeness (QED) is 0.0239. The van der Waals surface area contributed by atoms with E-state index in [1.54, 1.807) is 41.5 Å². The van der Waals surface area contributed by atoms with E-state index in [9.17, 15) is 44.4 Å². The molecular formula is C70H104Cl2N4O12S3. The predicted molar refractivity (Wildman–Crippen MR) is 372 cm³/mol. The summed E-state index contributed by atoms with van der Waals surface area (Å²) in [5.74, 6) is -3.24. The number of nitrogens with one attached hydrogen (secondary N) is 4. The van der Waals surface area contributed by atoms with Crippen LogP contribution in [0.1, 0.15) is 235 Å². The van der Waals surface area contributed by atoms with Gasteiger partial charge in [0.05, 0.1) is 54.1 Å². The third kappa shape index (κ3) is 29.3. The number of Topliss-reactive ketones (excluding diaryl/α,β-unsaturated/α-hetero) is 2. The van der Waals surface area contributed by atoms with Gasteiger partial charge in [-0.1, -0.05) is 246 Å². The van der Waals surface area contributed by atoms with Crippen molar-refractivity contribution in [2.75, 3.05) is 31.6 Å². The average molecular weight is 1360 g/mol. The van der Waals surface area contributed by atoms with E-state index in [4.69, 9.17) is 32.7 Å². The second-order valence-electron chi connectivity index (χ2n) is 26.1. The van der Waals surface area contributed by atoms with Gasteiger partial charge < -0.3 is 20.1 Å². The first kappa shape index (κ1) is 78.2. The Labute approximate surface area is 555 Å². The van der Waals surface area contributed by atoms with Crippen LogP contribution in [-0.2, 0) is 49.1 Å². The van der Waals surface area contributed by atoms with Crippen LogP contribution in [0.15, 0.2) is 94.7 Å². The summed E-state index contributed by atoms with van der Waals surface area (Å²) in [7, 11) is -11.7. The number of unbranched alkanes of at least 4 members (excludes halogenated alkanes) is 26. The zero-order chi connectivity index (χ0) is 67.1. The van der Waals surface area contributed by atoms with E-state index in [2.05, 4.69) is 33.9 Å². The van der Waals surface area contributed by atoms with E-state index in [1.807, 2.05) is 0 Å². The first-order valence-corrected chi connectivity index (χ1v) is 38.7. The van der Waals surface area contributed by atoms with E-state index >= 15 is 0 Å². The molecule has 4 N–H and O–H groups in total. The highest BCUT2D eigenvalue weighted by Gasteiger charge is 2.39. The van der Waals surface area contributed by atoms with Crippen molar-refractivity contribution in [2.45, 2.75) is 257 Å². The summed E-state index contributed by atoms with van der Waals surface area (Å²) >= 11 is 13.0. The number of hydrogen-bond donors (Lipinski definition) is 4. The minimum Gasteiger partial charge on any atom is -0.473 e. The molecule has 0 heterocycles. The SMILES string of the molecule is CCCCCCCCCCCCCCCCS(=O)(=O)Nc1ccc(Cl)c(NC(=O)C(Oc2ccc(S(=O)(=O)c3ccc(OC(C(=O)Nc4cc(NS(=O)(=O)CCCCCCCCCCCCCCCC)ccc4Cl)C(=O)C(C)(C)C)cc3)cc2)C(=O)C(C)(C)C)c1. The minimum atomic E-state index is -4.23. The molecule has 2 unspecified atom stereocenters. The summed E-state index contributed by atoms with van der Waals surface area (Å²) in [6.07, 6.45) is 28.5. The van der Waals surface area contributed by atoms with Gasteiger partial charge in [0.1, 0.15) is 11.5 Å². The van der Waals surface area contributed by atoms with Gasteiger partial charge in [-0.2, -0.15) is 0 Å². The van der Waals surface area contributed by atoms with Crippen LogP contribution in [0.4, 0.5) is 22.7 Å². The lowest BCUT2D eigenvalue weighted by Gasteiger charge is -2.25. The molecule has 0 saturated heterocycles. The summed E-state index contributed by atoms with van der Waals surface area (Å²) < 4.78 is 97.5. The van der Waals surface area contributed by atoms with E-state index in [-0.39, 0.29) is 65.6 Å². The first-order chi connectivity index (χ1) is 43.1. The van der Waals surface area contributed by atoms with Gasteiger partial charge in [0.15, 0.2) is 11.6 Å². The van der Waals surface area contributed by atoms with Crippen LogP contribution < -0.4 is 29.6 Å². The van der Waals surface area contributed by atoms with Crippen molar-refractivity contribution in [1.82, 2.24) is 0 Å². The highest BCUT2D eigenvalue weighted by molar-refractivity contribution is 7.93. The van der Waals surface area contributed by atoms with Crippen molar-refractivity contribution in [1.29, 1.82) is 0 Å². The van der Waals surface area contributed by atoms with Crippen LogP contribution in [0.5, 0.6) is 11.5 Å². The maximum absolute atomic E-state index is 14.0. The Kier molecular flexibility index (Phi) is 33.9. The smallest absolute Gasteiger partial charge is 0.273 e. The van der Waals surface area contributed by atoms with Gasteiger partial charge >= 0.3 is 0 Å². The Morgan fingerprint density at radius 3 is 0.923 bits per heavy atom. The van der Waals surface area contributed by atoms with Crippen molar-refractivity contribution in [3.8, 4) is 11.5 Å². The number of rotatable bonds is 46. The first-order valence-electron chi connectivity index (χ1n) is 33.2. The van der Waals surface area contributed by atoms with E-state index in [1.165, 1.54) is 201 Å². The molecule has 0 saturated carbocycles. The topological polar surface area (TPSA) is 237 Å². The second-order valence-corrected chi connectivity index (χ2v) is 32.5. The van der Waals surface area contributed by atoms with Crippen molar-refractivity contribution in [3.05, 3.63) is 95.0 Å². The standard InChI is InChI=1S/C70H104Cl2N4O12S3/c1-9-11-13-15-17-19-21-23-25-27-29-31-33-35-49-89(81,82)75-53-37-47-59(71)61(51-53)73-67(79)63(65(77)69(3,4)5)87-55-39-43-57(44-40-55)91(85,86)58-45-41-56(42-46-58)88-64(66(78)70(6,7)8)68(80)74-62-52-54(38-48-60(62)72)76-90(83,84)50-36-34-32-30-28-26-24-22-20-18-16-14-12-10-2/h37-48,51-52,63-64,75-76H,9-36,49-50H2,1-8H3,(H,73,79)(H,74,80). The summed E-state index contributed by atoms with van der Waals surface area (Å²) in [4.78, 5) is 55.2. The maximum Gasteiger partial charge on any atom is 0.273 e. The van der Waals surface area contributed by atoms with Gasteiger partial charge in [0.25, 0.3) is 11.8 Å². The zero-order valence-electron chi connectivity index (χ0n) is 55.3. The molecular weight excluding hydrogens is 1260 g/mol. The Bertz CT molecular complexity index is 3030. The van der Waals surface area contributed by atoms with Crippen LogP contribution in [0.2, 0.25) is 10.0 Å². The molecule has 4 aromatic carbocycles. The fourth-order valence-electron chi connectivity index (χ4n) is 10.2. The molecule has 0 spiro atoms. The second kappa shape index (κ2) is 39.5. The molecule has 0 aliphatic rings. The monoisotopic (exact) mass is 1360 g/mol. The normalized spacial score (nSPS) is 12.9. The summed E-state index contributed by atoms with van der Waals surface area (Å²) in [6.45, 7) is 14.1. The number of sulfonamides is 2. The molecule has 2 amide bonds. The van der Waals surface area contributed by atoms with Crippen LogP contribution >= 0.6 is 23.2 Å². The maximum atomic E-state index is 14.0. The zero-order valence-corrected chi connectivity index (χ0v) is 59.3. The van der Waals surface area contributed by atoms with Crippen LogP contribution in [0.25, 0.3) is 0 Å². The fourth-order valence-corrected chi connectivity index (χ4v) is 14.2. The summed E-state index contributed by atoms with van der Waals surface area (Å²) in [6, 6.07) is 18.6. The molecule has 16 nitrogen and oxygen atoms in total. The highest BCUT2D eigenvalue weighted by atomic mass is 35.5. The Hall–Kier alpha value is -5.21. The van der Waals surface area contributed by atoms with Crippen LogP contribution in [0.3, 0.4) is 0 Å². The molecule has 91 heavy (non-hydrogen) atoms. The van der Waals surface area contributed by atoms with Crippen LogP contribution in [0, 0.1) is 10.8 Å². The van der Waals surface area contributed by atoms with Gasteiger partial charge in [-0.25, -0.2) is 25.3 Å². The molecule has 0 aliphatic carbocycles. The average Bonchev–Trinajstić information content (AvgIpc) is 0.889. The molecule has 0 bridgehead atoms. The predicted octanol–water partition coefficient (Wildman–Crippen LogP) is 18.3. The molecule has 2 atom stereocenters. The lowest BCUT2D eigenvalue weighted by atomic mass is 9.87. The number of ketones is 2. The minimum absolute atomic E-state index is 0.0194. The number of benzene rings is 4. The van der Waals surface area contributed by atoms with Crippen molar-refractivity contribution in [2.24, 2.45) is 10.8 Å². The van der Waals surface area contributed by atoms with Gasteiger partial charge in [0.2, 0.25) is 42.1 Å². The summed E-state index contributed by atoms with van der Waals surface area (Å²) in [5.41, 5.74) is -1.81. The number of ether oxygens (including phenoxy) is 2. The third-order valence-electron chi connectivity index (χ3n) is 15.7. The number of sulfone groups is 1. The molecule has 4 rings (SSSR count). The largest absolute Gasteiger partial charge is 0.473 e. The number of amides is 2. The van der Waals surface area contributed by atoms with E-state index in [0.29, 0.717) is 12.8 Å². The Morgan fingerprint density at radius 2 is 0.659 bits per heavy atom. The lowest BCUT2D eigenvalue weighted by Crippen LogP contribution is -2.45. The van der Waals surface area contributed by atoms with Gasteiger partial charge in [0, 0.05) is 10.8 Å². The van der Waals surface area contributed by atoms with Crippen LogP contribution in [-0.4, -0.2) is 72.3 Å². The molecule has 0 fully saturated rings. The number of carbonyl (C=O) groups excluding carboxylic acids is 4. The Balaban J connectivity index is 1.34. The third-order valence-corrected chi connectivity index (χ3v) is 20.9. The number of anilines is 4. The molecule has 4 aromatic rings. The van der Waals surface area contributed by atoms with Crippen molar-refractivity contribution in [3.63, 3.8) is 0 Å². The molecule has 0 aromatic heterocycles. The number of carbonyl (C=O) groups is 4. The summed E-state index contributed by atoms with van der Waals surface area (Å²) in [5, 5.41) is 5.37. The van der Waals surface area contributed by atoms with Crippen molar-refractivity contribution < 1.29 is 53.9 Å². The van der Waals surface area contributed by atoms with Crippen molar-refractivity contribution >= 4 is 99.2 Å². The number of hydrogen-bond acceptors (Lipinski definition) is 12. The number of halogens is 2. The highest BCUT2D eigenvalue weighted by Crippen LogP contribution is 2.32. The van der Waals surface area contributed by atoms with E-state index in [0.717, 1.165) is 51.4 Å². The van der Waals surface area contributed by atoms with Gasteiger partial charge in [-0.3, -0.25) is 28.6 Å².